The summed E-state index contributed by atoms with van der Waals surface area (Å²) >= 11 is 0. The number of para-hydroxylation sites is 1. The molecule has 1 aromatic carbocycles. The van der Waals surface area contributed by atoms with Gasteiger partial charge < -0.3 is 10.4 Å². The van der Waals surface area contributed by atoms with Crippen LogP contribution in [0.25, 0.3) is 5.69 Å². The zero-order valence-electron chi connectivity index (χ0n) is 10.8. The number of carbonyl (C=O) groups is 1. The molecule has 0 fully saturated rings. The lowest BCUT2D eigenvalue weighted by molar-refractivity contribution is -0.121. The second-order valence-electron chi connectivity index (χ2n) is 4.46. The summed E-state index contributed by atoms with van der Waals surface area (Å²) in [6, 6.07) is 9.49. The van der Waals surface area contributed by atoms with Crippen molar-refractivity contribution in [1.29, 1.82) is 0 Å². The highest BCUT2D eigenvalue weighted by molar-refractivity contribution is 5.78. The molecule has 2 aromatic rings. The molecule has 0 aliphatic rings. The van der Waals surface area contributed by atoms with Crippen molar-refractivity contribution in [2.24, 2.45) is 0 Å². The van der Waals surface area contributed by atoms with E-state index in [0.717, 1.165) is 11.3 Å². The topological polar surface area (TPSA) is 67.2 Å². The first kappa shape index (κ1) is 13.3. The number of hydrogen-bond acceptors (Lipinski definition) is 3. The molecular formula is C14H17N3O2. The number of aliphatic hydroxyl groups excluding tert-OH is 1. The van der Waals surface area contributed by atoms with E-state index >= 15 is 0 Å². The van der Waals surface area contributed by atoms with E-state index in [1.807, 2.05) is 36.5 Å². The normalized spacial score (nSPS) is 12.1. The lowest BCUT2D eigenvalue weighted by Gasteiger charge is -2.09. The van der Waals surface area contributed by atoms with Crippen LogP contribution in [0.4, 0.5) is 0 Å². The molecule has 19 heavy (non-hydrogen) atoms. The van der Waals surface area contributed by atoms with Gasteiger partial charge >= 0.3 is 0 Å². The van der Waals surface area contributed by atoms with Crippen molar-refractivity contribution in [3.8, 4) is 5.69 Å². The number of aromatic nitrogens is 2. The van der Waals surface area contributed by atoms with Crippen molar-refractivity contribution in [1.82, 2.24) is 15.1 Å². The summed E-state index contributed by atoms with van der Waals surface area (Å²) in [7, 11) is 0. The monoisotopic (exact) mass is 259 g/mol. The summed E-state index contributed by atoms with van der Waals surface area (Å²) < 4.78 is 1.73. The van der Waals surface area contributed by atoms with Crippen LogP contribution in [0.2, 0.25) is 0 Å². The quantitative estimate of drug-likeness (QED) is 0.838. The van der Waals surface area contributed by atoms with Gasteiger partial charge in [-0.05, 0) is 24.6 Å². The average Bonchev–Trinajstić information content (AvgIpc) is 2.88. The molecule has 0 saturated heterocycles. The molecule has 0 aliphatic heterocycles. The van der Waals surface area contributed by atoms with E-state index in [0.29, 0.717) is 0 Å². The molecule has 5 nitrogen and oxygen atoms in total. The van der Waals surface area contributed by atoms with Crippen molar-refractivity contribution in [2.45, 2.75) is 19.4 Å². The average molecular weight is 259 g/mol. The van der Waals surface area contributed by atoms with E-state index in [2.05, 4.69) is 10.4 Å². The Hall–Kier alpha value is -2.14. The van der Waals surface area contributed by atoms with Gasteiger partial charge in [0.15, 0.2) is 0 Å². The summed E-state index contributed by atoms with van der Waals surface area (Å²) in [5.74, 6) is -0.117. The Kier molecular flexibility index (Phi) is 4.30. The van der Waals surface area contributed by atoms with Gasteiger partial charge in [0.1, 0.15) is 0 Å². The number of nitrogens with zero attached hydrogens (tertiary/aromatic N) is 2. The van der Waals surface area contributed by atoms with Crippen LogP contribution in [-0.2, 0) is 11.2 Å². The van der Waals surface area contributed by atoms with E-state index in [9.17, 15) is 4.79 Å². The number of carbonyl (C=O) groups excluding carboxylic acids is 1. The second-order valence-corrected chi connectivity index (χ2v) is 4.46. The van der Waals surface area contributed by atoms with Gasteiger partial charge in [0.25, 0.3) is 0 Å². The second kappa shape index (κ2) is 6.15. The highest BCUT2D eigenvalue weighted by atomic mass is 16.3. The maximum atomic E-state index is 11.7. The van der Waals surface area contributed by atoms with Crippen LogP contribution in [-0.4, -0.2) is 33.4 Å². The van der Waals surface area contributed by atoms with Crippen LogP contribution in [0, 0.1) is 0 Å². The molecule has 2 rings (SSSR count). The third-order valence-corrected chi connectivity index (χ3v) is 2.70. The van der Waals surface area contributed by atoms with E-state index in [4.69, 9.17) is 5.11 Å². The van der Waals surface area contributed by atoms with Crippen LogP contribution >= 0.6 is 0 Å². The predicted molar refractivity (Wildman–Crippen MR) is 72.0 cm³/mol. The van der Waals surface area contributed by atoms with Crippen LogP contribution in [0.3, 0.4) is 0 Å². The maximum absolute atomic E-state index is 11.7. The minimum absolute atomic E-state index is 0.0605. The molecule has 0 radical (unpaired) electrons. The number of hydrogen-bond donors (Lipinski definition) is 2. The summed E-state index contributed by atoms with van der Waals surface area (Å²) in [5, 5.41) is 15.8. The van der Waals surface area contributed by atoms with Crippen molar-refractivity contribution in [3.63, 3.8) is 0 Å². The van der Waals surface area contributed by atoms with E-state index in [1.54, 1.807) is 17.8 Å². The molecule has 5 heteroatoms. The summed E-state index contributed by atoms with van der Waals surface area (Å²) in [6.45, 7) is 1.69. The standard InChI is InChI=1S/C14H17N3O2/c1-11(10-18)16-14(19)7-12-8-15-17(9-12)13-5-3-2-4-6-13/h2-6,8-9,11,18H,7,10H2,1H3,(H,16,19). The summed E-state index contributed by atoms with van der Waals surface area (Å²) in [5.41, 5.74) is 1.80. The van der Waals surface area contributed by atoms with E-state index in [1.165, 1.54) is 0 Å². The first-order valence-electron chi connectivity index (χ1n) is 6.18. The molecule has 1 amide bonds. The molecule has 2 N–H and O–H groups in total. The number of amides is 1. The number of benzene rings is 1. The fraction of sp³-hybridized carbons (Fsp3) is 0.286. The van der Waals surface area contributed by atoms with Gasteiger partial charge in [-0.15, -0.1) is 0 Å². The molecular weight excluding hydrogens is 242 g/mol. The Labute approximate surface area is 111 Å². The fourth-order valence-electron chi connectivity index (χ4n) is 1.73. The van der Waals surface area contributed by atoms with Gasteiger partial charge in [0, 0.05) is 12.2 Å². The molecule has 100 valence electrons. The molecule has 1 heterocycles. The lowest BCUT2D eigenvalue weighted by Crippen LogP contribution is -2.35. The smallest absolute Gasteiger partial charge is 0.224 e. The van der Waals surface area contributed by atoms with Crippen molar-refractivity contribution in [2.75, 3.05) is 6.61 Å². The Morgan fingerprint density at radius 3 is 2.84 bits per heavy atom. The number of rotatable bonds is 5. The fourth-order valence-corrected chi connectivity index (χ4v) is 1.73. The minimum Gasteiger partial charge on any atom is -0.394 e. The Bertz CT molecular complexity index is 537. The van der Waals surface area contributed by atoms with Gasteiger partial charge in [-0.3, -0.25) is 4.79 Å². The highest BCUT2D eigenvalue weighted by Crippen LogP contribution is 2.08. The van der Waals surface area contributed by atoms with E-state index < -0.39 is 0 Å². The third-order valence-electron chi connectivity index (χ3n) is 2.70. The third kappa shape index (κ3) is 3.66. The molecule has 0 bridgehead atoms. The largest absolute Gasteiger partial charge is 0.394 e. The van der Waals surface area contributed by atoms with Crippen LogP contribution in [0.5, 0.6) is 0 Å². The summed E-state index contributed by atoms with van der Waals surface area (Å²) in [6.07, 6.45) is 3.77. The zero-order chi connectivity index (χ0) is 13.7. The Balaban J connectivity index is 2.00. The van der Waals surface area contributed by atoms with Gasteiger partial charge in [-0.2, -0.15) is 5.10 Å². The SMILES string of the molecule is CC(CO)NC(=O)Cc1cnn(-c2ccccc2)c1. The van der Waals surface area contributed by atoms with Gasteiger partial charge in [-0.1, -0.05) is 18.2 Å². The summed E-state index contributed by atoms with van der Waals surface area (Å²) in [4.78, 5) is 11.7. The van der Waals surface area contributed by atoms with Crippen LogP contribution in [0.15, 0.2) is 42.7 Å². The van der Waals surface area contributed by atoms with Crippen LogP contribution < -0.4 is 5.32 Å². The first-order chi connectivity index (χ1) is 9.19. The van der Waals surface area contributed by atoms with Gasteiger partial charge in [0.05, 0.1) is 24.9 Å². The van der Waals surface area contributed by atoms with Crippen LogP contribution in [0.1, 0.15) is 12.5 Å². The molecule has 1 atom stereocenters. The Morgan fingerprint density at radius 1 is 1.42 bits per heavy atom. The van der Waals surface area contributed by atoms with Gasteiger partial charge in [0.2, 0.25) is 5.91 Å². The van der Waals surface area contributed by atoms with Gasteiger partial charge in [-0.25, -0.2) is 4.68 Å². The first-order valence-corrected chi connectivity index (χ1v) is 6.18. The minimum atomic E-state index is -0.225. The Morgan fingerprint density at radius 2 is 2.16 bits per heavy atom. The lowest BCUT2D eigenvalue weighted by atomic mass is 10.2. The van der Waals surface area contributed by atoms with E-state index in [-0.39, 0.29) is 25.0 Å². The maximum Gasteiger partial charge on any atom is 0.224 e. The number of nitrogens with one attached hydrogen (secondary N) is 1. The predicted octanol–water partition coefficient (Wildman–Crippen LogP) is 0.912. The number of aliphatic hydroxyl groups is 1. The van der Waals surface area contributed by atoms with Crippen molar-refractivity contribution in [3.05, 3.63) is 48.3 Å². The van der Waals surface area contributed by atoms with Crippen molar-refractivity contribution >= 4 is 5.91 Å². The molecule has 1 aromatic heterocycles. The van der Waals surface area contributed by atoms with Crippen molar-refractivity contribution < 1.29 is 9.90 Å². The molecule has 0 spiro atoms. The zero-order valence-corrected chi connectivity index (χ0v) is 10.8. The molecule has 0 saturated carbocycles. The molecule has 1 unspecified atom stereocenters. The highest BCUT2D eigenvalue weighted by Gasteiger charge is 2.09. The molecule has 0 aliphatic carbocycles.